The molecule has 1 aromatic carbocycles. The number of nitrogens with two attached hydrogens (primary N) is 1. The molecule has 5 nitrogen and oxygen atoms in total. The molecular weight excluding hydrogens is 282 g/mol. The first kappa shape index (κ1) is 16.4. The van der Waals surface area contributed by atoms with Gasteiger partial charge in [-0.15, -0.1) is 11.6 Å². The number of hydrogen-bond acceptors (Lipinski definition) is 5. The van der Waals surface area contributed by atoms with Gasteiger partial charge in [0.15, 0.2) is 11.5 Å². The van der Waals surface area contributed by atoms with Gasteiger partial charge in [0.05, 0.1) is 21.3 Å². The normalized spacial score (nSPS) is 10.2. The maximum absolute atomic E-state index is 12.3. The van der Waals surface area contributed by atoms with Crippen molar-refractivity contribution in [3.8, 4) is 17.2 Å². The fourth-order valence-electron chi connectivity index (χ4n) is 1.94. The van der Waals surface area contributed by atoms with Crippen molar-refractivity contribution in [2.75, 3.05) is 32.9 Å². The second-order valence-corrected chi connectivity index (χ2v) is 4.55. The summed E-state index contributed by atoms with van der Waals surface area (Å²) in [6.07, 6.45) is 1.86. The quantitative estimate of drug-likeness (QED) is 0.346. The number of rotatable bonds is 8. The third-order valence-electron chi connectivity index (χ3n) is 2.96. The number of ketones is 1. The Balaban J connectivity index is 3.21. The number of carbonyl (C=O) groups is 1. The highest BCUT2D eigenvalue weighted by Gasteiger charge is 2.23. The zero-order valence-corrected chi connectivity index (χ0v) is 12.8. The summed E-state index contributed by atoms with van der Waals surface area (Å²) in [5.41, 5.74) is 6.58. The van der Waals surface area contributed by atoms with Gasteiger partial charge in [0.1, 0.15) is 22.7 Å². The lowest BCUT2D eigenvalue weighted by Crippen LogP contribution is -2.08. The van der Waals surface area contributed by atoms with E-state index in [1.807, 2.05) is 0 Å². The summed E-state index contributed by atoms with van der Waals surface area (Å²) >= 11 is 5.62. The van der Waals surface area contributed by atoms with Gasteiger partial charge in [-0.2, -0.15) is 0 Å². The van der Waals surface area contributed by atoms with E-state index < -0.39 is 0 Å². The molecule has 0 heterocycles. The summed E-state index contributed by atoms with van der Waals surface area (Å²) in [6, 6.07) is 1.59. The number of Topliss-reactive ketones (excluding diaryl/α,β-unsaturated/α-hetero) is 1. The monoisotopic (exact) mass is 301 g/mol. The van der Waals surface area contributed by atoms with Gasteiger partial charge in [0.25, 0.3) is 0 Å². The number of benzene rings is 1. The molecular formula is C14H20ClNO4. The van der Waals surface area contributed by atoms with Crippen LogP contribution in [0.15, 0.2) is 6.07 Å². The van der Waals surface area contributed by atoms with Gasteiger partial charge in [-0.05, 0) is 12.8 Å². The van der Waals surface area contributed by atoms with Crippen LogP contribution >= 0.6 is 11.6 Å². The molecule has 1 rings (SSSR count). The highest BCUT2D eigenvalue weighted by molar-refractivity contribution is 6.17. The van der Waals surface area contributed by atoms with Gasteiger partial charge in [0.2, 0.25) is 0 Å². The molecule has 0 saturated heterocycles. The van der Waals surface area contributed by atoms with Gasteiger partial charge in [-0.25, -0.2) is 0 Å². The van der Waals surface area contributed by atoms with Crippen molar-refractivity contribution in [1.82, 2.24) is 0 Å². The molecule has 6 heteroatoms. The average Bonchev–Trinajstić information content (AvgIpc) is 2.46. The van der Waals surface area contributed by atoms with Gasteiger partial charge < -0.3 is 19.9 Å². The van der Waals surface area contributed by atoms with Crippen LogP contribution in [0.25, 0.3) is 0 Å². The number of methoxy groups -OCH3 is 3. The molecule has 0 radical (unpaired) electrons. The van der Waals surface area contributed by atoms with E-state index in [-0.39, 0.29) is 17.2 Å². The second kappa shape index (κ2) is 7.85. The molecule has 0 aliphatic carbocycles. The van der Waals surface area contributed by atoms with E-state index in [1.165, 1.54) is 21.3 Å². The van der Waals surface area contributed by atoms with Crippen LogP contribution in [-0.2, 0) is 0 Å². The SMILES string of the molecule is COc1cc(OC)c(C(=O)CCCCCl)c(OC)c1N. The number of unbranched alkanes of at least 4 members (excludes halogenated alkanes) is 1. The summed E-state index contributed by atoms with van der Waals surface area (Å²) in [5, 5.41) is 0. The Kier molecular flexibility index (Phi) is 6.45. The smallest absolute Gasteiger partial charge is 0.170 e. The fourth-order valence-corrected chi connectivity index (χ4v) is 2.13. The Labute approximate surface area is 123 Å². The molecule has 0 aliphatic heterocycles. The van der Waals surface area contributed by atoms with E-state index in [9.17, 15) is 4.79 Å². The van der Waals surface area contributed by atoms with Crippen LogP contribution in [0.1, 0.15) is 29.6 Å². The lowest BCUT2D eigenvalue weighted by molar-refractivity contribution is 0.0974. The first-order valence-corrected chi connectivity index (χ1v) is 6.81. The molecule has 1 aromatic rings. The van der Waals surface area contributed by atoms with Crippen molar-refractivity contribution in [2.24, 2.45) is 0 Å². The summed E-state index contributed by atoms with van der Waals surface area (Å²) in [7, 11) is 4.44. The lowest BCUT2D eigenvalue weighted by atomic mass is 10.0. The van der Waals surface area contributed by atoms with Crippen molar-refractivity contribution >= 4 is 23.1 Å². The van der Waals surface area contributed by atoms with Crippen molar-refractivity contribution in [2.45, 2.75) is 19.3 Å². The Morgan fingerprint density at radius 1 is 1.15 bits per heavy atom. The van der Waals surface area contributed by atoms with E-state index in [1.54, 1.807) is 6.07 Å². The predicted octanol–water partition coefficient (Wildman–Crippen LogP) is 2.89. The first-order valence-electron chi connectivity index (χ1n) is 6.28. The van der Waals surface area contributed by atoms with Crippen molar-refractivity contribution in [3.63, 3.8) is 0 Å². The Morgan fingerprint density at radius 3 is 2.30 bits per heavy atom. The van der Waals surface area contributed by atoms with Crippen LogP contribution in [-0.4, -0.2) is 33.0 Å². The van der Waals surface area contributed by atoms with E-state index in [0.29, 0.717) is 35.8 Å². The number of anilines is 1. The number of carbonyl (C=O) groups excluding carboxylic acids is 1. The molecule has 2 N–H and O–H groups in total. The van der Waals surface area contributed by atoms with Crippen LogP contribution in [0.5, 0.6) is 17.2 Å². The van der Waals surface area contributed by atoms with Gasteiger partial charge in [0, 0.05) is 18.4 Å². The summed E-state index contributed by atoms with van der Waals surface area (Å²) in [4.78, 5) is 12.3. The standard InChI is InChI=1S/C14H20ClNO4/c1-18-10-8-11(19-2)13(16)14(20-3)12(10)9(17)6-4-5-7-15/h8H,4-7,16H2,1-3H3. The third kappa shape index (κ3) is 3.48. The maximum Gasteiger partial charge on any atom is 0.170 e. The molecule has 0 aromatic heterocycles. The van der Waals surface area contributed by atoms with Crippen LogP contribution in [0.2, 0.25) is 0 Å². The van der Waals surface area contributed by atoms with Crippen LogP contribution < -0.4 is 19.9 Å². The molecule has 0 bridgehead atoms. The van der Waals surface area contributed by atoms with E-state index in [4.69, 9.17) is 31.5 Å². The van der Waals surface area contributed by atoms with Gasteiger partial charge >= 0.3 is 0 Å². The summed E-state index contributed by atoms with van der Waals surface area (Å²) < 4.78 is 15.7. The van der Waals surface area contributed by atoms with Crippen LogP contribution in [0.4, 0.5) is 5.69 Å². The molecule has 0 aliphatic rings. The minimum absolute atomic E-state index is 0.0850. The van der Waals surface area contributed by atoms with Crippen LogP contribution in [0.3, 0.4) is 0 Å². The lowest BCUT2D eigenvalue weighted by Gasteiger charge is -2.17. The van der Waals surface area contributed by atoms with E-state index in [0.717, 1.165) is 6.42 Å². The molecule has 0 spiro atoms. The van der Waals surface area contributed by atoms with Crippen molar-refractivity contribution in [1.29, 1.82) is 0 Å². The maximum atomic E-state index is 12.3. The zero-order valence-electron chi connectivity index (χ0n) is 12.0. The average molecular weight is 302 g/mol. The minimum atomic E-state index is -0.0850. The molecule has 20 heavy (non-hydrogen) atoms. The highest BCUT2D eigenvalue weighted by Crippen LogP contribution is 2.42. The molecule has 0 atom stereocenters. The molecule has 0 saturated carbocycles. The summed E-state index contributed by atoms with van der Waals surface area (Å²) in [5.74, 6) is 1.54. The molecule has 112 valence electrons. The summed E-state index contributed by atoms with van der Waals surface area (Å²) in [6.45, 7) is 0. The number of alkyl halides is 1. The molecule has 0 unspecified atom stereocenters. The highest BCUT2D eigenvalue weighted by atomic mass is 35.5. The third-order valence-corrected chi connectivity index (χ3v) is 3.22. The fraction of sp³-hybridized carbons (Fsp3) is 0.500. The first-order chi connectivity index (χ1) is 9.60. The number of ether oxygens (including phenoxy) is 3. The van der Waals surface area contributed by atoms with E-state index >= 15 is 0 Å². The van der Waals surface area contributed by atoms with Crippen molar-refractivity contribution < 1.29 is 19.0 Å². The molecule has 0 amide bonds. The number of hydrogen-bond donors (Lipinski definition) is 1. The number of nitrogen functional groups attached to an aromatic ring is 1. The zero-order chi connectivity index (χ0) is 15.1. The minimum Gasteiger partial charge on any atom is -0.496 e. The Morgan fingerprint density at radius 2 is 1.80 bits per heavy atom. The second-order valence-electron chi connectivity index (χ2n) is 4.17. The van der Waals surface area contributed by atoms with Gasteiger partial charge in [-0.3, -0.25) is 4.79 Å². The van der Waals surface area contributed by atoms with Gasteiger partial charge in [-0.1, -0.05) is 0 Å². The largest absolute Gasteiger partial charge is 0.496 e. The van der Waals surface area contributed by atoms with Crippen LogP contribution in [0, 0.1) is 0 Å². The predicted molar refractivity (Wildman–Crippen MR) is 79.4 cm³/mol. The number of halogens is 1. The Bertz CT molecular complexity index is 477. The van der Waals surface area contributed by atoms with Crippen molar-refractivity contribution in [3.05, 3.63) is 11.6 Å². The molecule has 0 fully saturated rings. The Hall–Kier alpha value is -1.62. The topological polar surface area (TPSA) is 70.8 Å². The van der Waals surface area contributed by atoms with E-state index in [2.05, 4.69) is 0 Å².